The fourth-order valence-corrected chi connectivity index (χ4v) is 1.79. The SMILES string of the molecule is CC(C)CN(c1nccnc1C(N)=S)C(C)C. The van der Waals surface area contributed by atoms with Crippen molar-refractivity contribution in [1.82, 2.24) is 9.97 Å². The molecule has 0 radical (unpaired) electrons. The Morgan fingerprint density at radius 2 is 1.88 bits per heavy atom. The van der Waals surface area contributed by atoms with Gasteiger partial charge in [0.15, 0.2) is 5.82 Å². The number of nitrogens with two attached hydrogens (primary N) is 1. The van der Waals surface area contributed by atoms with Crippen molar-refractivity contribution in [3.05, 3.63) is 18.1 Å². The molecule has 1 aromatic rings. The van der Waals surface area contributed by atoms with E-state index < -0.39 is 0 Å². The van der Waals surface area contributed by atoms with Gasteiger partial charge in [0.2, 0.25) is 0 Å². The molecule has 0 saturated carbocycles. The molecule has 17 heavy (non-hydrogen) atoms. The fraction of sp³-hybridized carbons (Fsp3) is 0.583. The maximum Gasteiger partial charge on any atom is 0.157 e. The number of hydrogen-bond acceptors (Lipinski definition) is 4. The lowest BCUT2D eigenvalue weighted by atomic mass is 10.1. The number of hydrogen-bond donors (Lipinski definition) is 1. The predicted molar refractivity (Wildman–Crippen MR) is 75.2 cm³/mol. The van der Waals surface area contributed by atoms with Gasteiger partial charge in [0.05, 0.1) is 0 Å². The molecule has 0 aliphatic carbocycles. The second-order valence-electron chi connectivity index (χ2n) is 4.73. The Kier molecular flexibility index (Phi) is 4.81. The van der Waals surface area contributed by atoms with E-state index in [4.69, 9.17) is 18.0 Å². The fourth-order valence-electron chi connectivity index (χ4n) is 1.65. The zero-order chi connectivity index (χ0) is 13.0. The van der Waals surface area contributed by atoms with Crippen LogP contribution in [0.5, 0.6) is 0 Å². The first kappa shape index (κ1) is 13.8. The van der Waals surface area contributed by atoms with Crippen LogP contribution < -0.4 is 10.6 Å². The second-order valence-corrected chi connectivity index (χ2v) is 5.17. The number of rotatable bonds is 5. The molecular weight excluding hydrogens is 232 g/mol. The molecule has 0 fully saturated rings. The topological polar surface area (TPSA) is 55.0 Å². The molecule has 4 nitrogen and oxygen atoms in total. The standard InChI is InChI=1S/C12H20N4S/c1-8(2)7-16(9(3)4)12-10(11(13)17)14-5-6-15-12/h5-6,8-9H,7H2,1-4H3,(H2,13,17). The average Bonchev–Trinajstić information content (AvgIpc) is 2.25. The Morgan fingerprint density at radius 1 is 1.29 bits per heavy atom. The predicted octanol–water partition coefficient (Wildman–Crippen LogP) is 1.98. The van der Waals surface area contributed by atoms with E-state index in [0.29, 0.717) is 22.6 Å². The number of nitrogens with zero attached hydrogens (tertiary/aromatic N) is 3. The molecule has 0 amide bonds. The van der Waals surface area contributed by atoms with Crippen LogP contribution >= 0.6 is 12.2 Å². The number of thiocarbonyl (C=S) groups is 1. The van der Waals surface area contributed by atoms with Gasteiger partial charge >= 0.3 is 0 Å². The van der Waals surface area contributed by atoms with Gasteiger partial charge in [-0.3, -0.25) is 0 Å². The van der Waals surface area contributed by atoms with Gasteiger partial charge in [-0.05, 0) is 19.8 Å². The van der Waals surface area contributed by atoms with Crippen LogP contribution in [0.2, 0.25) is 0 Å². The molecule has 1 rings (SSSR count). The maximum atomic E-state index is 5.69. The summed E-state index contributed by atoms with van der Waals surface area (Å²) in [6, 6.07) is 0.335. The Hall–Kier alpha value is -1.23. The van der Waals surface area contributed by atoms with Crippen LogP contribution in [0.1, 0.15) is 33.4 Å². The van der Waals surface area contributed by atoms with E-state index in [1.54, 1.807) is 12.4 Å². The summed E-state index contributed by atoms with van der Waals surface area (Å²) in [6.45, 7) is 9.51. The minimum absolute atomic E-state index is 0.294. The lowest BCUT2D eigenvalue weighted by Gasteiger charge is -2.30. The molecule has 94 valence electrons. The third kappa shape index (κ3) is 3.63. The Morgan fingerprint density at radius 3 is 2.35 bits per heavy atom. The third-order valence-electron chi connectivity index (χ3n) is 2.37. The van der Waals surface area contributed by atoms with Gasteiger partial charge < -0.3 is 10.6 Å². The first-order valence-electron chi connectivity index (χ1n) is 5.81. The molecule has 1 aromatic heterocycles. The highest BCUT2D eigenvalue weighted by Crippen LogP contribution is 2.19. The Labute approximate surface area is 108 Å². The monoisotopic (exact) mass is 252 g/mol. The summed E-state index contributed by atoms with van der Waals surface area (Å²) < 4.78 is 0. The van der Waals surface area contributed by atoms with Crippen molar-refractivity contribution in [3.63, 3.8) is 0 Å². The number of aromatic nitrogens is 2. The van der Waals surface area contributed by atoms with E-state index >= 15 is 0 Å². The molecule has 0 bridgehead atoms. The van der Waals surface area contributed by atoms with Crippen molar-refractivity contribution in [2.24, 2.45) is 11.7 Å². The van der Waals surface area contributed by atoms with Gasteiger partial charge in [-0.15, -0.1) is 0 Å². The van der Waals surface area contributed by atoms with Gasteiger partial charge in [-0.2, -0.15) is 0 Å². The van der Waals surface area contributed by atoms with Crippen molar-refractivity contribution in [2.45, 2.75) is 33.7 Å². The van der Waals surface area contributed by atoms with Crippen molar-refractivity contribution in [2.75, 3.05) is 11.4 Å². The van der Waals surface area contributed by atoms with E-state index in [1.165, 1.54) is 0 Å². The minimum atomic E-state index is 0.294. The Balaban J connectivity index is 3.13. The van der Waals surface area contributed by atoms with Crippen LogP contribution in [0.15, 0.2) is 12.4 Å². The van der Waals surface area contributed by atoms with E-state index in [9.17, 15) is 0 Å². The highest BCUT2D eigenvalue weighted by atomic mass is 32.1. The normalized spacial score (nSPS) is 10.9. The lowest BCUT2D eigenvalue weighted by Crippen LogP contribution is -2.36. The van der Waals surface area contributed by atoms with Gasteiger partial charge in [0.25, 0.3) is 0 Å². The largest absolute Gasteiger partial charge is 0.388 e. The molecule has 0 unspecified atom stereocenters. The van der Waals surface area contributed by atoms with Crippen LogP contribution in [0.25, 0.3) is 0 Å². The highest BCUT2D eigenvalue weighted by molar-refractivity contribution is 7.80. The molecule has 0 aromatic carbocycles. The second kappa shape index (κ2) is 5.91. The zero-order valence-corrected chi connectivity index (χ0v) is 11.7. The first-order chi connectivity index (χ1) is 7.93. The quantitative estimate of drug-likeness (QED) is 0.812. The van der Waals surface area contributed by atoms with Crippen LogP contribution in [-0.2, 0) is 0 Å². The smallest absolute Gasteiger partial charge is 0.157 e. The van der Waals surface area contributed by atoms with Crippen LogP contribution in [0, 0.1) is 5.92 Å². The first-order valence-corrected chi connectivity index (χ1v) is 6.21. The molecule has 0 spiro atoms. The average molecular weight is 252 g/mol. The molecule has 2 N–H and O–H groups in total. The van der Waals surface area contributed by atoms with Crippen LogP contribution in [0.4, 0.5) is 5.82 Å². The van der Waals surface area contributed by atoms with Gasteiger partial charge in [0, 0.05) is 25.0 Å². The van der Waals surface area contributed by atoms with Crippen molar-refractivity contribution in [3.8, 4) is 0 Å². The van der Waals surface area contributed by atoms with Gasteiger partial charge in [-0.1, -0.05) is 26.1 Å². The summed E-state index contributed by atoms with van der Waals surface area (Å²) in [6.07, 6.45) is 3.29. The summed E-state index contributed by atoms with van der Waals surface area (Å²) in [4.78, 5) is 11.1. The summed E-state index contributed by atoms with van der Waals surface area (Å²) in [5.74, 6) is 1.32. The molecule has 0 atom stereocenters. The lowest BCUT2D eigenvalue weighted by molar-refractivity contribution is 0.565. The summed E-state index contributed by atoms with van der Waals surface area (Å²) in [5, 5.41) is 0. The van der Waals surface area contributed by atoms with Crippen molar-refractivity contribution >= 4 is 23.0 Å². The maximum absolute atomic E-state index is 5.69. The molecular formula is C12H20N4S. The molecule has 1 heterocycles. The number of anilines is 1. The van der Waals surface area contributed by atoms with E-state index in [0.717, 1.165) is 12.4 Å². The summed E-state index contributed by atoms with van der Waals surface area (Å²) in [5.41, 5.74) is 6.29. The van der Waals surface area contributed by atoms with E-state index in [-0.39, 0.29) is 0 Å². The minimum Gasteiger partial charge on any atom is -0.388 e. The molecule has 0 aliphatic heterocycles. The highest BCUT2D eigenvalue weighted by Gasteiger charge is 2.18. The van der Waals surface area contributed by atoms with E-state index in [1.807, 2.05) is 0 Å². The third-order valence-corrected chi connectivity index (χ3v) is 2.56. The Bertz CT molecular complexity index is 390. The zero-order valence-electron chi connectivity index (χ0n) is 10.8. The summed E-state index contributed by atoms with van der Waals surface area (Å²) >= 11 is 5.02. The summed E-state index contributed by atoms with van der Waals surface area (Å²) in [7, 11) is 0. The van der Waals surface area contributed by atoms with E-state index in [2.05, 4.69) is 42.6 Å². The van der Waals surface area contributed by atoms with Crippen LogP contribution in [-0.4, -0.2) is 27.5 Å². The van der Waals surface area contributed by atoms with Crippen LogP contribution in [0.3, 0.4) is 0 Å². The van der Waals surface area contributed by atoms with Crippen molar-refractivity contribution < 1.29 is 0 Å². The molecule has 5 heteroatoms. The van der Waals surface area contributed by atoms with Crippen molar-refractivity contribution in [1.29, 1.82) is 0 Å². The van der Waals surface area contributed by atoms with Gasteiger partial charge in [0.1, 0.15) is 10.7 Å². The molecule has 0 aliphatic rings. The molecule has 0 saturated heterocycles. The van der Waals surface area contributed by atoms with Gasteiger partial charge in [-0.25, -0.2) is 9.97 Å².